The van der Waals surface area contributed by atoms with Crippen molar-refractivity contribution in [2.24, 2.45) is 0 Å². The largest absolute Gasteiger partial charge is 0.390 e. The molecule has 0 radical (unpaired) electrons. The quantitative estimate of drug-likeness (QED) is 0.573. The van der Waals surface area contributed by atoms with Gasteiger partial charge in [-0.25, -0.2) is 0 Å². The van der Waals surface area contributed by atoms with Gasteiger partial charge in [-0.3, -0.25) is 0 Å². The first-order valence-electron chi connectivity index (χ1n) is 6.19. The summed E-state index contributed by atoms with van der Waals surface area (Å²) in [4.78, 5) is 2.24. The van der Waals surface area contributed by atoms with E-state index in [1.54, 1.807) is 0 Å². The first-order chi connectivity index (χ1) is 7.61. The topological polar surface area (TPSA) is 35.5 Å². The lowest BCUT2D eigenvalue weighted by Crippen LogP contribution is -2.40. The van der Waals surface area contributed by atoms with Crippen molar-refractivity contribution in [1.82, 2.24) is 10.2 Å². The Balaban J connectivity index is 3.62. The predicted molar refractivity (Wildman–Crippen MR) is 74.3 cm³/mol. The molecule has 98 valence electrons. The van der Waals surface area contributed by atoms with Crippen LogP contribution in [0.1, 0.15) is 26.7 Å². The molecular weight excluding hydrogens is 220 g/mol. The number of likely N-dealkylation sites (N-methyl/N-ethyl adjacent to an activating group) is 1. The maximum absolute atomic E-state index is 9.81. The summed E-state index contributed by atoms with van der Waals surface area (Å²) in [7, 11) is 2.09. The van der Waals surface area contributed by atoms with Crippen molar-refractivity contribution < 1.29 is 5.11 Å². The van der Waals surface area contributed by atoms with Gasteiger partial charge < -0.3 is 15.3 Å². The summed E-state index contributed by atoms with van der Waals surface area (Å²) in [5, 5.41) is 13.1. The standard InChI is InChI=1S/C12H28N2OS/c1-5-7-13-9-12(15)10-14(3)11(2)6-8-16-4/h11-13,15H,5-10H2,1-4H3. The van der Waals surface area contributed by atoms with Crippen LogP contribution in [-0.4, -0.2) is 60.8 Å². The third-order valence-electron chi connectivity index (χ3n) is 2.80. The highest BCUT2D eigenvalue weighted by molar-refractivity contribution is 7.98. The number of aliphatic hydroxyl groups excluding tert-OH is 1. The molecule has 0 bridgehead atoms. The van der Waals surface area contributed by atoms with Crippen LogP contribution in [0.2, 0.25) is 0 Å². The molecule has 0 aliphatic heterocycles. The average molecular weight is 248 g/mol. The number of hydrogen-bond acceptors (Lipinski definition) is 4. The number of thioether (sulfide) groups is 1. The lowest BCUT2D eigenvalue weighted by Gasteiger charge is -2.27. The minimum atomic E-state index is -0.256. The second-order valence-electron chi connectivity index (χ2n) is 4.43. The van der Waals surface area contributed by atoms with Gasteiger partial charge in [-0.15, -0.1) is 0 Å². The van der Waals surface area contributed by atoms with Crippen molar-refractivity contribution in [2.45, 2.75) is 38.8 Å². The van der Waals surface area contributed by atoms with Crippen molar-refractivity contribution in [3.8, 4) is 0 Å². The molecular formula is C12H28N2OS. The molecule has 2 atom stereocenters. The molecule has 0 spiro atoms. The fourth-order valence-electron chi connectivity index (χ4n) is 1.53. The molecule has 0 saturated heterocycles. The lowest BCUT2D eigenvalue weighted by molar-refractivity contribution is 0.106. The second kappa shape index (κ2) is 10.4. The van der Waals surface area contributed by atoms with E-state index in [9.17, 15) is 5.11 Å². The average Bonchev–Trinajstić information content (AvgIpc) is 2.26. The van der Waals surface area contributed by atoms with Crippen LogP contribution < -0.4 is 5.32 Å². The van der Waals surface area contributed by atoms with Crippen LogP contribution in [0.4, 0.5) is 0 Å². The van der Waals surface area contributed by atoms with Gasteiger partial charge in [-0.05, 0) is 45.4 Å². The molecule has 0 heterocycles. The molecule has 4 heteroatoms. The Kier molecular flexibility index (Phi) is 10.5. The van der Waals surface area contributed by atoms with Gasteiger partial charge in [0, 0.05) is 19.1 Å². The van der Waals surface area contributed by atoms with Crippen molar-refractivity contribution in [1.29, 1.82) is 0 Å². The smallest absolute Gasteiger partial charge is 0.0791 e. The van der Waals surface area contributed by atoms with Gasteiger partial charge in [0.25, 0.3) is 0 Å². The summed E-state index contributed by atoms with van der Waals surface area (Å²) < 4.78 is 0. The first kappa shape index (κ1) is 16.2. The predicted octanol–water partition coefficient (Wildman–Crippen LogP) is 1.42. The van der Waals surface area contributed by atoms with E-state index in [2.05, 4.69) is 37.4 Å². The second-order valence-corrected chi connectivity index (χ2v) is 5.41. The van der Waals surface area contributed by atoms with Crippen LogP contribution in [0.3, 0.4) is 0 Å². The van der Waals surface area contributed by atoms with E-state index in [0.29, 0.717) is 12.6 Å². The number of nitrogens with one attached hydrogen (secondary N) is 1. The molecule has 2 N–H and O–H groups in total. The van der Waals surface area contributed by atoms with Gasteiger partial charge >= 0.3 is 0 Å². The highest BCUT2D eigenvalue weighted by Gasteiger charge is 2.12. The van der Waals surface area contributed by atoms with Crippen molar-refractivity contribution in [2.75, 3.05) is 38.7 Å². The summed E-state index contributed by atoms with van der Waals surface area (Å²) in [5.74, 6) is 1.19. The Morgan fingerprint density at radius 2 is 2.12 bits per heavy atom. The van der Waals surface area contributed by atoms with Gasteiger partial charge in [0.05, 0.1) is 6.10 Å². The fraction of sp³-hybridized carbons (Fsp3) is 1.00. The summed E-state index contributed by atoms with van der Waals surface area (Å²) >= 11 is 1.88. The molecule has 0 aromatic heterocycles. The van der Waals surface area contributed by atoms with Crippen LogP contribution in [0, 0.1) is 0 Å². The van der Waals surface area contributed by atoms with E-state index in [0.717, 1.165) is 19.5 Å². The Hall–Kier alpha value is 0.230. The minimum absolute atomic E-state index is 0.256. The highest BCUT2D eigenvalue weighted by atomic mass is 32.2. The third-order valence-corrected chi connectivity index (χ3v) is 3.44. The maximum atomic E-state index is 9.81. The summed E-state index contributed by atoms with van der Waals surface area (Å²) in [5.41, 5.74) is 0. The van der Waals surface area contributed by atoms with Gasteiger partial charge in [0.2, 0.25) is 0 Å². The normalized spacial score (nSPS) is 15.4. The zero-order chi connectivity index (χ0) is 12.4. The summed E-state index contributed by atoms with van der Waals surface area (Å²) in [6, 6.07) is 0.549. The molecule has 3 nitrogen and oxygen atoms in total. The summed E-state index contributed by atoms with van der Waals surface area (Å²) in [6.45, 7) is 6.81. The molecule has 0 aromatic carbocycles. The van der Waals surface area contributed by atoms with Crippen molar-refractivity contribution in [3.63, 3.8) is 0 Å². The third kappa shape index (κ3) is 8.39. The Labute approximate surface area is 105 Å². The Morgan fingerprint density at radius 3 is 2.69 bits per heavy atom. The molecule has 0 amide bonds. The SMILES string of the molecule is CCCNCC(O)CN(C)C(C)CCSC. The zero-order valence-electron chi connectivity index (χ0n) is 11.2. The minimum Gasteiger partial charge on any atom is -0.390 e. The van der Waals surface area contributed by atoms with Gasteiger partial charge in [-0.2, -0.15) is 11.8 Å². The molecule has 0 rings (SSSR count). The first-order valence-corrected chi connectivity index (χ1v) is 7.59. The summed E-state index contributed by atoms with van der Waals surface area (Å²) in [6.07, 6.45) is 4.18. The number of hydrogen-bond donors (Lipinski definition) is 2. The number of rotatable bonds is 10. The monoisotopic (exact) mass is 248 g/mol. The Morgan fingerprint density at radius 1 is 1.44 bits per heavy atom. The number of aliphatic hydroxyl groups is 1. The molecule has 0 fully saturated rings. The molecule has 0 aliphatic rings. The van der Waals surface area contributed by atoms with Crippen molar-refractivity contribution in [3.05, 3.63) is 0 Å². The molecule has 2 unspecified atom stereocenters. The van der Waals surface area contributed by atoms with Gasteiger partial charge in [0.1, 0.15) is 0 Å². The lowest BCUT2D eigenvalue weighted by atomic mass is 10.2. The molecule has 0 saturated carbocycles. The number of nitrogens with zero attached hydrogens (tertiary/aromatic N) is 1. The van der Waals surface area contributed by atoms with Crippen LogP contribution >= 0.6 is 11.8 Å². The van der Waals surface area contributed by atoms with E-state index >= 15 is 0 Å². The van der Waals surface area contributed by atoms with Crippen molar-refractivity contribution >= 4 is 11.8 Å². The van der Waals surface area contributed by atoms with Gasteiger partial charge in [0.15, 0.2) is 0 Å². The van der Waals surface area contributed by atoms with E-state index in [-0.39, 0.29) is 6.10 Å². The van der Waals surface area contributed by atoms with Crippen LogP contribution in [0.25, 0.3) is 0 Å². The molecule has 0 aromatic rings. The van der Waals surface area contributed by atoms with E-state index in [1.807, 2.05) is 11.8 Å². The highest BCUT2D eigenvalue weighted by Crippen LogP contribution is 2.06. The molecule has 16 heavy (non-hydrogen) atoms. The van der Waals surface area contributed by atoms with Gasteiger partial charge in [-0.1, -0.05) is 6.92 Å². The van der Waals surface area contributed by atoms with Crippen LogP contribution in [0.5, 0.6) is 0 Å². The van der Waals surface area contributed by atoms with Crippen LogP contribution in [0.15, 0.2) is 0 Å². The Bertz CT molecular complexity index is 158. The zero-order valence-corrected chi connectivity index (χ0v) is 12.0. The maximum Gasteiger partial charge on any atom is 0.0791 e. The fourth-order valence-corrected chi connectivity index (χ4v) is 2.11. The molecule has 0 aliphatic carbocycles. The van der Waals surface area contributed by atoms with E-state index in [1.165, 1.54) is 12.2 Å². The van der Waals surface area contributed by atoms with Crippen LogP contribution in [-0.2, 0) is 0 Å². The van der Waals surface area contributed by atoms with E-state index < -0.39 is 0 Å². The van der Waals surface area contributed by atoms with E-state index in [4.69, 9.17) is 0 Å².